The van der Waals surface area contributed by atoms with E-state index in [-0.39, 0.29) is 17.7 Å². The second-order valence-corrected chi connectivity index (χ2v) is 8.85. The number of thiophene rings is 1. The highest BCUT2D eigenvalue weighted by molar-refractivity contribution is 7.99. The Kier molecular flexibility index (Phi) is 6.24. The minimum atomic E-state index is -0.129. The van der Waals surface area contributed by atoms with Gasteiger partial charge in [-0.3, -0.25) is 9.36 Å². The fourth-order valence-electron chi connectivity index (χ4n) is 2.64. The quantitative estimate of drug-likeness (QED) is 0.528. The van der Waals surface area contributed by atoms with Gasteiger partial charge in [0, 0.05) is 21.9 Å². The van der Waals surface area contributed by atoms with E-state index in [0.717, 1.165) is 16.5 Å². The number of hydrogen-bond acceptors (Lipinski definition) is 5. The molecule has 3 aromatic rings. The number of thioether (sulfide) groups is 1. The number of benzene rings is 1. The van der Waals surface area contributed by atoms with Gasteiger partial charge >= 0.3 is 0 Å². The molecule has 0 aliphatic rings. The molecule has 142 valence electrons. The summed E-state index contributed by atoms with van der Waals surface area (Å²) >= 11 is 9.18. The van der Waals surface area contributed by atoms with E-state index < -0.39 is 0 Å². The number of nitrogens with one attached hydrogen (secondary N) is 1. The lowest BCUT2D eigenvalue weighted by Crippen LogP contribution is -2.15. The third-order valence-corrected chi connectivity index (χ3v) is 6.47. The number of nitrogens with zero attached hydrogens (tertiary/aromatic N) is 3. The number of hydrogen-bond donors (Lipinski definition) is 1. The Labute approximate surface area is 172 Å². The second kappa shape index (κ2) is 8.46. The van der Waals surface area contributed by atoms with Crippen LogP contribution < -0.4 is 5.32 Å². The number of aryl methyl sites for hydroxylation is 1. The number of rotatable bonds is 6. The molecule has 2 heterocycles. The molecule has 0 saturated carbocycles. The van der Waals surface area contributed by atoms with Crippen LogP contribution in [0, 0.1) is 13.8 Å². The lowest BCUT2D eigenvalue weighted by Gasteiger charge is -2.14. The topological polar surface area (TPSA) is 59.8 Å². The van der Waals surface area contributed by atoms with Crippen molar-refractivity contribution < 1.29 is 4.79 Å². The molecule has 5 nitrogen and oxygen atoms in total. The van der Waals surface area contributed by atoms with Gasteiger partial charge in [-0.25, -0.2) is 0 Å². The van der Waals surface area contributed by atoms with Crippen LogP contribution in [0.2, 0.25) is 5.02 Å². The first-order chi connectivity index (χ1) is 12.9. The van der Waals surface area contributed by atoms with Crippen LogP contribution in [-0.4, -0.2) is 26.4 Å². The summed E-state index contributed by atoms with van der Waals surface area (Å²) < 4.78 is 2.09. The van der Waals surface area contributed by atoms with E-state index >= 15 is 0 Å². The van der Waals surface area contributed by atoms with Crippen LogP contribution in [0.15, 0.2) is 34.8 Å². The van der Waals surface area contributed by atoms with E-state index in [1.807, 2.05) is 12.1 Å². The molecule has 0 radical (unpaired) electrons. The summed E-state index contributed by atoms with van der Waals surface area (Å²) in [5.74, 6) is 0.953. The number of aromatic nitrogens is 3. The van der Waals surface area contributed by atoms with E-state index in [1.54, 1.807) is 23.5 Å². The smallest absolute Gasteiger partial charge is 0.234 e. The standard InChI is InChI=1S/C19H21ClN4OS2/c1-11(2)24-18(14-9-26-13(4)12(14)3)22-23-19(24)27-10-17(25)21-16-8-6-5-7-15(16)20/h5-9,11H,10H2,1-4H3,(H,21,25). The zero-order valence-electron chi connectivity index (χ0n) is 15.6. The van der Waals surface area contributed by atoms with Crippen molar-refractivity contribution >= 4 is 46.3 Å². The number of carbonyl (C=O) groups excluding carboxylic acids is 1. The van der Waals surface area contributed by atoms with E-state index in [0.29, 0.717) is 10.7 Å². The molecule has 0 spiro atoms. The van der Waals surface area contributed by atoms with Crippen LogP contribution in [0.25, 0.3) is 11.4 Å². The molecule has 0 bridgehead atoms. The maximum absolute atomic E-state index is 12.3. The molecule has 0 aliphatic heterocycles. The van der Waals surface area contributed by atoms with Crippen molar-refractivity contribution in [3.05, 3.63) is 45.1 Å². The lowest BCUT2D eigenvalue weighted by molar-refractivity contribution is -0.113. The SMILES string of the molecule is Cc1scc(-c2nnc(SCC(=O)Nc3ccccc3Cl)n2C(C)C)c1C. The summed E-state index contributed by atoms with van der Waals surface area (Å²) in [4.78, 5) is 13.6. The van der Waals surface area contributed by atoms with Gasteiger partial charge in [0.05, 0.1) is 16.5 Å². The molecule has 1 amide bonds. The molecule has 1 aromatic carbocycles. The Bertz CT molecular complexity index is 965. The first kappa shape index (κ1) is 19.9. The Morgan fingerprint density at radius 2 is 2.04 bits per heavy atom. The van der Waals surface area contributed by atoms with Crippen molar-refractivity contribution in [3.8, 4) is 11.4 Å². The van der Waals surface area contributed by atoms with Gasteiger partial charge in [-0.05, 0) is 45.4 Å². The molecule has 0 saturated heterocycles. The fourth-order valence-corrected chi connectivity index (χ4v) is 4.55. The predicted octanol–water partition coefficient (Wildman–Crippen LogP) is 5.59. The summed E-state index contributed by atoms with van der Waals surface area (Å²) in [6.07, 6.45) is 0. The van der Waals surface area contributed by atoms with Crippen LogP contribution in [0.4, 0.5) is 5.69 Å². The normalized spacial score (nSPS) is 11.2. The van der Waals surface area contributed by atoms with Gasteiger partial charge in [0.2, 0.25) is 5.91 Å². The number of anilines is 1. The monoisotopic (exact) mass is 420 g/mol. The second-order valence-electron chi connectivity index (χ2n) is 6.42. The molecule has 1 N–H and O–H groups in total. The Morgan fingerprint density at radius 3 is 2.67 bits per heavy atom. The Morgan fingerprint density at radius 1 is 1.30 bits per heavy atom. The van der Waals surface area contributed by atoms with Crippen LogP contribution in [0.1, 0.15) is 30.3 Å². The zero-order valence-corrected chi connectivity index (χ0v) is 18.0. The highest BCUT2D eigenvalue weighted by Crippen LogP contribution is 2.33. The van der Waals surface area contributed by atoms with Crippen molar-refractivity contribution in [2.75, 3.05) is 11.1 Å². The van der Waals surface area contributed by atoms with Gasteiger partial charge in [0.1, 0.15) is 0 Å². The largest absolute Gasteiger partial charge is 0.324 e. The molecule has 8 heteroatoms. The van der Waals surface area contributed by atoms with Crippen molar-refractivity contribution in [1.29, 1.82) is 0 Å². The third kappa shape index (κ3) is 4.36. The maximum atomic E-state index is 12.3. The van der Waals surface area contributed by atoms with Crippen LogP contribution >= 0.6 is 34.7 Å². The van der Waals surface area contributed by atoms with Gasteiger partial charge in [-0.1, -0.05) is 35.5 Å². The van der Waals surface area contributed by atoms with Crippen LogP contribution in [0.3, 0.4) is 0 Å². The Balaban J connectivity index is 1.76. The molecule has 0 fully saturated rings. The van der Waals surface area contributed by atoms with Gasteiger partial charge in [0.25, 0.3) is 0 Å². The van der Waals surface area contributed by atoms with E-state index in [9.17, 15) is 4.79 Å². The minimum absolute atomic E-state index is 0.129. The van der Waals surface area contributed by atoms with E-state index in [4.69, 9.17) is 11.6 Å². The van der Waals surface area contributed by atoms with Gasteiger partial charge < -0.3 is 5.32 Å². The summed E-state index contributed by atoms with van der Waals surface area (Å²) in [5, 5.41) is 14.9. The fraction of sp³-hybridized carbons (Fsp3) is 0.316. The Hall–Kier alpha value is -1.83. The minimum Gasteiger partial charge on any atom is -0.324 e. The summed E-state index contributed by atoms with van der Waals surface area (Å²) in [6.45, 7) is 8.39. The van der Waals surface area contributed by atoms with Gasteiger partial charge in [-0.2, -0.15) is 0 Å². The summed E-state index contributed by atoms with van der Waals surface area (Å²) in [6, 6.07) is 7.37. The highest BCUT2D eigenvalue weighted by Gasteiger charge is 2.20. The molecular formula is C19H21ClN4OS2. The van der Waals surface area contributed by atoms with Gasteiger partial charge in [0.15, 0.2) is 11.0 Å². The number of carbonyl (C=O) groups is 1. The van der Waals surface area contributed by atoms with E-state index in [1.165, 1.54) is 22.2 Å². The number of halogens is 1. The van der Waals surface area contributed by atoms with Crippen LogP contribution in [0.5, 0.6) is 0 Å². The van der Waals surface area contributed by atoms with Crippen LogP contribution in [-0.2, 0) is 4.79 Å². The molecule has 27 heavy (non-hydrogen) atoms. The lowest BCUT2D eigenvalue weighted by atomic mass is 10.1. The number of para-hydroxylation sites is 1. The molecule has 3 rings (SSSR count). The zero-order chi connectivity index (χ0) is 19.6. The van der Waals surface area contributed by atoms with E-state index in [2.05, 4.69) is 53.2 Å². The number of amides is 1. The average molecular weight is 421 g/mol. The van der Waals surface area contributed by atoms with Gasteiger partial charge in [-0.15, -0.1) is 21.5 Å². The van der Waals surface area contributed by atoms with Crippen molar-refractivity contribution in [2.24, 2.45) is 0 Å². The van der Waals surface area contributed by atoms with Crippen molar-refractivity contribution in [2.45, 2.75) is 38.9 Å². The predicted molar refractivity (Wildman–Crippen MR) is 114 cm³/mol. The van der Waals surface area contributed by atoms with Crippen molar-refractivity contribution in [3.63, 3.8) is 0 Å². The first-order valence-corrected chi connectivity index (χ1v) is 10.8. The summed E-state index contributed by atoms with van der Waals surface area (Å²) in [5.41, 5.74) is 2.94. The maximum Gasteiger partial charge on any atom is 0.234 e. The molecular weight excluding hydrogens is 400 g/mol. The first-order valence-electron chi connectivity index (χ1n) is 8.55. The molecule has 0 unspecified atom stereocenters. The average Bonchev–Trinajstić information content (AvgIpc) is 3.19. The molecule has 2 aromatic heterocycles. The molecule has 0 atom stereocenters. The highest BCUT2D eigenvalue weighted by atomic mass is 35.5. The third-order valence-electron chi connectivity index (χ3n) is 4.19. The summed E-state index contributed by atoms with van der Waals surface area (Å²) in [7, 11) is 0. The molecule has 0 aliphatic carbocycles. The van der Waals surface area contributed by atoms with Crippen molar-refractivity contribution in [1.82, 2.24) is 14.8 Å².